The number of carbonyl (C=O) groups is 1. The number of aromatic nitrogens is 2. The lowest BCUT2D eigenvalue weighted by atomic mass is 10.0. The van der Waals surface area contributed by atoms with Crippen LogP contribution in [-0.4, -0.2) is 41.2 Å². The number of nitrogens with one attached hydrogen (secondary N) is 2. The predicted molar refractivity (Wildman–Crippen MR) is 88.3 cm³/mol. The Morgan fingerprint density at radius 3 is 2.78 bits per heavy atom. The lowest BCUT2D eigenvalue weighted by Crippen LogP contribution is -2.29. The first-order valence-corrected chi connectivity index (χ1v) is 8.14. The van der Waals surface area contributed by atoms with Crippen LogP contribution in [0.25, 0.3) is 0 Å². The first-order chi connectivity index (χ1) is 10.8. The van der Waals surface area contributed by atoms with Gasteiger partial charge in [0.25, 0.3) is 0 Å². The molecule has 7 heteroatoms. The fourth-order valence-corrected chi connectivity index (χ4v) is 2.54. The number of carbonyl (C=O) groups excluding carboxylic acids is 1. The Bertz CT molecular complexity index is 516. The minimum Gasteiger partial charge on any atom is -0.444 e. The summed E-state index contributed by atoms with van der Waals surface area (Å²) < 4.78 is 12.3. The van der Waals surface area contributed by atoms with Crippen molar-refractivity contribution in [2.24, 2.45) is 13.0 Å². The molecule has 1 aromatic heterocycles. The van der Waals surface area contributed by atoms with Gasteiger partial charge in [-0.15, -0.1) is 0 Å². The van der Waals surface area contributed by atoms with Gasteiger partial charge in [0.2, 0.25) is 0 Å². The van der Waals surface area contributed by atoms with Crippen molar-refractivity contribution in [1.82, 2.24) is 15.1 Å². The molecule has 1 amide bonds. The predicted octanol–water partition coefficient (Wildman–Crippen LogP) is 2.28. The Hall–Kier alpha value is -1.60. The number of anilines is 1. The molecule has 1 aliphatic heterocycles. The standard InChI is InChI=1S/C16H28N4O3/c1-16(2,3)23-15(21)19-14-13(11-18-20(14)4)10-17-9-12-5-7-22-8-6-12/h11-12,17H,5-10H2,1-4H3,(H,19,21). The maximum absolute atomic E-state index is 11.9. The molecule has 7 nitrogen and oxygen atoms in total. The molecular formula is C16H28N4O3. The molecule has 1 aliphatic rings. The average molecular weight is 324 g/mol. The smallest absolute Gasteiger partial charge is 0.413 e. The third-order valence-electron chi connectivity index (χ3n) is 3.72. The van der Waals surface area contributed by atoms with E-state index in [1.807, 2.05) is 20.8 Å². The topological polar surface area (TPSA) is 77.4 Å². The van der Waals surface area contributed by atoms with E-state index in [1.165, 1.54) is 0 Å². The van der Waals surface area contributed by atoms with Crippen LogP contribution in [0.2, 0.25) is 0 Å². The van der Waals surface area contributed by atoms with Gasteiger partial charge in [0.1, 0.15) is 11.4 Å². The zero-order chi connectivity index (χ0) is 16.9. The van der Waals surface area contributed by atoms with Gasteiger partial charge in [-0.25, -0.2) is 4.79 Å². The van der Waals surface area contributed by atoms with Crippen LogP contribution in [-0.2, 0) is 23.1 Å². The number of hydrogen-bond acceptors (Lipinski definition) is 5. The lowest BCUT2D eigenvalue weighted by molar-refractivity contribution is 0.0633. The molecule has 1 aromatic rings. The number of rotatable bonds is 5. The van der Waals surface area contributed by atoms with Gasteiger partial charge in [0.15, 0.2) is 0 Å². The van der Waals surface area contributed by atoms with Gasteiger partial charge in [-0.1, -0.05) is 0 Å². The number of ether oxygens (including phenoxy) is 2. The van der Waals surface area contributed by atoms with Gasteiger partial charge in [-0.3, -0.25) is 10.00 Å². The van der Waals surface area contributed by atoms with E-state index in [9.17, 15) is 4.79 Å². The Balaban J connectivity index is 1.86. The van der Waals surface area contributed by atoms with Crippen LogP contribution in [0.3, 0.4) is 0 Å². The SMILES string of the molecule is Cn1ncc(CNCC2CCOCC2)c1NC(=O)OC(C)(C)C. The molecule has 0 aliphatic carbocycles. The summed E-state index contributed by atoms with van der Waals surface area (Å²) in [5.41, 5.74) is 0.426. The van der Waals surface area contributed by atoms with Crippen molar-refractivity contribution in [3.05, 3.63) is 11.8 Å². The van der Waals surface area contributed by atoms with Crippen LogP contribution < -0.4 is 10.6 Å². The zero-order valence-electron chi connectivity index (χ0n) is 14.5. The van der Waals surface area contributed by atoms with Crippen LogP contribution in [0.4, 0.5) is 10.6 Å². The van der Waals surface area contributed by atoms with E-state index in [0.29, 0.717) is 18.3 Å². The molecule has 0 spiro atoms. The molecule has 0 saturated carbocycles. The third kappa shape index (κ3) is 5.84. The van der Waals surface area contributed by atoms with E-state index in [0.717, 1.165) is 38.2 Å². The molecule has 1 fully saturated rings. The Labute approximate surface area is 137 Å². The summed E-state index contributed by atoms with van der Waals surface area (Å²) in [6, 6.07) is 0. The Morgan fingerprint density at radius 2 is 2.13 bits per heavy atom. The minimum atomic E-state index is -0.524. The Morgan fingerprint density at radius 1 is 1.43 bits per heavy atom. The van der Waals surface area contributed by atoms with Crippen LogP contribution in [0, 0.1) is 5.92 Å². The van der Waals surface area contributed by atoms with Crippen LogP contribution >= 0.6 is 0 Å². The van der Waals surface area contributed by atoms with Crippen LogP contribution in [0.5, 0.6) is 0 Å². The van der Waals surface area contributed by atoms with Crippen molar-refractivity contribution < 1.29 is 14.3 Å². The summed E-state index contributed by atoms with van der Waals surface area (Å²) in [6.45, 7) is 8.83. The molecule has 2 rings (SSSR count). The summed E-state index contributed by atoms with van der Waals surface area (Å²) in [5, 5.41) is 10.4. The fraction of sp³-hybridized carbons (Fsp3) is 0.750. The van der Waals surface area contributed by atoms with Crippen molar-refractivity contribution in [2.45, 2.75) is 45.8 Å². The third-order valence-corrected chi connectivity index (χ3v) is 3.72. The molecule has 2 N–H and O–H groups in total. The first-order valence-electron chi connectivity index (χ1n) is 8.14. The summed E-state index contributed by atoms with van der Waals surface area (Å²) >= 11 is 0. The fourth-order valence-electron chi connectivity index (χ4n) is 2.54. The van der Waals surface area contributed by atoms with Crippen molar-refractivity contribution in [3.63, 3.8) is 0 Å². The Kier molecular flexibility index (Phi) is 6.01. The normalized spacial score (nSPS) is 16.3. The first kappa shape index (κ1) is 17.7. The van der Waals surface area contributed by atoms with Gasteiger partial charge in [-0.05, 0) is 46.1 Å². The second-order valence-electron chi connectivity index (χ2n) is 6.96. The quantitative estimate of drug-likeness (QED) is 0.869. The molecule has 1 saturated heterocycles. The van der Waals surface area contributed by atoms with E-state index in [4.69, 9.17) is 9.47 Å². The van der Waals surface area contributed by atoms with Gasteiger partial charge in [-0.2, -0.15) is 5.10 Å². The molecule has 2 heterocycles. The maximum atomic E-state index is 11.9. The van der Waals surface area contributed by atoms with Crippen molar-refractivity contribution in [1.29, 1.82) is 0 Å². The molecule has 0 atom stereocenters. The monoisotopic (exact) mass is 324 g/mol. The number of amides is 1. The molecule has 0 bridgehead atoms. The van der Waals surface area contributed by atoms with Gasteiger partial charge >= 0.3 is 6.09 Å². The number of hydrogen-bond donors (Lipinski definition) is 2. The largest absolute Gasteiger partial charge is 0.444 e. The maximum Gasteiger partial charge on any atom is 0.413 e. The van der Waals surface area contributed by atoms with Crippen molar-refractivity contribution in [2.75, 3.05) is 25.1 Å². The number of nitrogens with zero attached hydrogens (tertiary/aromatic N) is 2. The van der Waals surface area contributed by atoms with Gasteiger partial charge < -0.3 is 14.8 Å². The molecule has 0 unspecified atom stereocenters. The second-order valence-corrected chi connectivity index (χ2v) is 6.96. The summed E-state index contributed by atoms with van der Waals surface area (Å²) in [6.07, 6.45) is 3.50. The van der Waals surface area contributed by atoms with E-state index in [-0.39, 0.29) is 0 Å². The molecule has 23 heavy (non-hydrogen) atoms. The molecule has 0 aromatic carbocycles. The average Bonchev–Trinajstić information content (AvgIpc) is 2.79. The van der Waals surface area contributed by atoms with Crippen LogP contribution in [0.15, 0.2) is 6.20 Å². The highest BCUT2D eigenvalue weighted by molar-refractivity contribution is 5.84. The van der Waals surface area contributed by atoms with E-state index in [2.05, 4.69) is 15.7 Å². The highest BCUT2D eigenvalue weighted by atomic mass is 16.6. The summed E-state index contributed by atoms with van der Waals surface area (Å²) in [5.74, 6) is 1.32. The highest BCUT2D eigenvalue weighted by Gasteiger charge is 2.19. The van der Waals surface area contributed by atoms with Gasteiger partial charge in [0.05, 0.1) is 6.20 Å². The molecular weight excluding hydrogens is 296 g/mol. The minimum absolute atomic E-state index is 0.466. The van der Waals surface area contributed by atoms with Gasteiger partial charge in [0, 0.05) is 32.4 Å². The summed E-state index contributed by atoms with van der Waals surface area (Å²) in [4.78, 5) is 11.9. The van der Waals surface area contributed by atoms with Crippen molar-refractivity contribution >= 4 is 11.9 Å². The summed E-state index contributed by atoms with van der Waals surface area (Å²) in [7, 11) is 1.80. The lowest BCUT2D eigenvalue weighted by Gasteiger charge is -2.22. The van der Waals surface area contributed by atoms with E-state index >= 15 is 0 Å². The van der Waals surface area contributed by atoms with E-state index < -0.39 is 11.7 Å². The van der Waals surface area contributed by atoms with Crippen molar-refractivity contribution in [3.8, 4) is 0 Å². The number of aryl methyl sites for hydroxylation is 1. The zero-order valence-corrected chi connectivity index (χ0v) is 14.5. The molecule has 0 radical (unpaired) electrons. The molecule has 130 valence electrons. The highest BCUT2D eigenvalue weighted by Crippen LogP contribution is 2.17. The second kappa shape index (κ2) is 7.79. The van der Waals surface area contributed by atoms with E-state index in [1.54, 1.807) is 17.9 Å². The van der Waals surface area contributed by atoms with Crippen LogP contribution in [0.1, 0.15) is 39.2 Å².